The van der Waals surface area contributed by atoms with Gasteiger partial charge >= 0.3 is 0 Å². The van der Waals surface area contributed by atoms with Crippen LogP contribution in [0.4, 0.5) is 11.5 Å². The summed E-state index contributed by atoms with van der Waals surface area (Å²) in [5, 5.41) is 6.52. The Balaban J connectivity index is 1.58. The van der Waals surface area contributed by atoms with Crippen LogP contribution in [0.25, 0.3) is 0 Å². The third kappa shape index (κ3) is 5.03. The number of nitrogens with zero attached hydrogens (tertiary/aromatic N) is 2. The van der Waals surface area contributed by atoms with E-state index < -0.39 is 0 Å². The van der Waals surface area contributed by atoms with Crippen molar-refractivity contribution in [1.82, 2.24) is 9.97 Å². The van der Waals surface area contributed by atoms with E-state index in [2.05, 4.69) is 26.7 Å². The minimum Gasteiger partial charge on any atom is -0.370 e. The molecule has 0 radical (unpaired) electrons. The Labute approximate surface area is 152 Å². The van der Waals surface area contributed by atoms with Gasteiger partial charge in [-0.15, -0.1) is 0 Å². The lowest BCUT2D eigenvalue weighted by molar-refractivity contribution is 0.102. The molecule has 1 heterocycles. The van der Waals surface area contributed by atoms with Gasteiger partial charge in [-0.3, -0.25) is 4.79 Å². The second kappa shape index (κ2) is 8.62. The van der Waals surface area contributed by atoms with Crippen LogP contribution in [0.3, 0.4) is 0 Å². The molecule has 6 heteroatoms. The molecule has 25 heavy (non-hydrogen) atoms. The number of aromatic nitrogens is 2. The van der Waals surface area contributed by atoms with Crippen LogP contribution in [0.1, 0.15) is 42.6 Å². The molecule has 0 fully saturated rings. The van der Waals surface area contributed by atoms with E-state index in [4.69, 9.17) is 11.6 Å². The van der Waals surface area contributed by atoms with Crippen LogP contribution >= 0.6 is 11.6 Å². The number of hydrogen-bond acceptors (Lipinski definition) is 4. The van der Waals surface area contributed by atoms with Gasteiger partial charge in [-0.2, -0.15) is 0 Å². The molecule has 0 atom stereocenters. The highest BCUT2D eigenvalue weighted by molar-refractivity contribution is 6.33. The first-order valence-electron chi connectivity index (χ1n) is 8.52. The van der Waals surface area contributed by atoms with Gasteiger partial charge in [0.2, 0.25) is 0 Å². The molecule has 0 aliphatic heterocycles. The van der Waals surface area contributed by atoms with Crippen molar-refractivity contribution in [1.29, 1.82) is 0 Å². The summed E-state index contributed by atoms with van der Waals surface area (Å²) in [6.07, 6.45) is 9.70. The summed E-state index contributed by atoms with van der Waals surface area (Å²) in [5.41, 5.74) is 2.37. The fraction of sp³-hybridized carbons (Fsp3) is 0.316. The van der Waals surface area contributed by atoms with Crippen LogP contribution in [0.15, 0.2) is 48.3 Å². The predicted octanol–water partition coefficient (Wildman–Crippen LogP) is 4.68. The van der Waals surface area contributed by atoms with Crippen LogP contribution in [0.2, 0.25) is 5.02 Å². The van der Waals surface area contributed by atoms with E-state index in [0.29, 0.717) is 22.2 Å². The van der Waals surface area contributed by atoms with Crippen molar-refractivity contribution < 1.29 is 4.79 Å². The zero-order valence-electron chi connectivity index (χ0n) is 14.0. The van der Waals surface area contributed by atoms with Crippen molar-refractivity contribution in [3.05, 3.63) is 59.0 Å². The number of anilines is 2. The molecule has 1 aliphatic carbocycles. The zero-order valence-corrected chi connectivity index (χ0v) is 14.7. The molecule has 1 aromatic carbocycles. The molecule has 0 bridgehead atoms. The van der Waals surface area contributed by atoms with Crippen molar-refractivity contribution in [2.75, 3.05) is 17.2 Å². The monoisotopic (exact) mass is 356 g/mol. The molecule has 1 aromatic heterocycles. The van der Waals surface area contributed by atoms with Gasteiger partial charge in [-0.05, 0) is 44.2 Å². The summed E-state index contributed by atoms with van der Waals surface area (Å²) >= 11 is 6.06. The van der Waals surface area contributed by atoms with Crippen LogP contribution in [-0.4, -0.2) is 22.4 Å². The summed E-state index contributed by atoms with van der Waals surface area (Å²) < 4.78 is 0. The first-order valence-corrected chi connectivity index (χ1v) is 8.90. The number of nitrogens with one attached hydrogen (secondary N) is 2. The summed E-state index contributed by atoms with van der Waals surface area (Å²) in [5.74, 6) is 0.337. The summed E-state index contributed by atoms with van der Waals surface area (Å²) in [4.78, 5) is 20.6. The van der Waals surface area contributed by atoms with Gasteiger partial charge in [0.15, 0.2) is 0 Å². The minimum absolute atomic E-state index is 0.300. The first-order chi connectivity index (χ1) is 12.2. The average molecular weight is 357 g/mol. The number of para-hydroxylation sites is 1. The first kappa shape index (κ1) is 17.4. The molecule has 0 spiro atoms. The number of amides is 1. The van der Waals surface area contributed by atoms with E-state index in [0.717, 1.165) is 13.0 Å². The Bertz CT molecular complexity index is 776. The van der Waals surface area contributed by atoms with Gasteiger partial charge < -0.3 is 10.6 Å². The van der Waals surface area contributed by atoms with Crippen molar-refractivity contribution in [3.63, 3.8) is 0 Å². The summed E-state index contributed by atoms with van der Waals surface area (Å²) in [6.45, 7) is 0.800. The SMILES string of the molecule is O=C(Nc1ccccc1Cl)c1cc(NCCC2=CCCCC2)ncn1. The fourth-order valence-electron chi connectivity index (χ4n) is 2.81. The molecule has 1 amide bonds. The third-order valence-electron chi connectivity index (χ3n) is 4.16. The Morgan fingerprint density at radius 3 is 2.88 bits per heavy atom. The second-order valence-electron chi connectivity index (χ2n) is 6.01. The molecular formula is C19H21ClN4O. The molecule has 2 N–H and O–H groups in total. The second-order valence-corrected chi connectivity index (χ2v) is 6.41. The number of rotatable bonds is 6. The minimum atomic E-state index is -0.312. The van der Waals surface area contributed by atoms with E-state index in [1.54, 1.807) is 18.2 Å². The summed E-state index contributed by atoms with van der Waals surface area (Å²) in [6, 6.07) is 8.75. The molecule has 0 unspecified atom stereocenters. The lowest BCUT2D eigenvalue weighted by Crippen LogP contribution is -2.15. The summed E-state index contributed by atoms with van der Waals surface area (Å²) in [7, 11) is 0. The van der Waals surface area contributed by atoms with Crippen molar-refractivity contribution >= 4 is 29.0 Å². The largest absolute Gasteiger partial charge is 0.370 e. The normalized spacial score (nSPS) is 13.9. The van der Waals surface area contributed by atoms with Gasteiger partial charge in [0, 0.05) is 12.6 Å². The number of halogens is 1. The number of carbonyl (C=O) groups is 1. The van der Waals surface area contributed by atoms with Crippen molar-refractivity contribution in [2.24, 2.45) is 0 Å². The van der Waals surface area contributed by atoms with E-state index in [1.807, 2.05) is 12.1 Å². The fourth-order valence-corrected chi connectivity index (χ4v) is 2.99. The number of hydrogen-bond donors (Lipinski definition) is 2. The number of carbonyl (C=O) groups excluding carboxylic acids is 1. The Kier molecular flexibility index (Phi) is 6.01. The number of allylic oxidation sites excluding steroid dienone is 1. The maximum Gasteiger partial charge on any atom is 0.274 e. The molecule has 5 nitrogen and oxygen atoms in total. The van der Waals surface area contributed by atoms with Crippen LogP contribution in [0, 0.1) is 0 Å². The maximum absolute atomic E-state index is 12.3. The van der Waals surface area contributed by atoms with Crippen LogP contribution in [0.5, 0.6) is 0 Å². The molecular weight excluding hydrogens is 336 g/mol. The topological polar surface area (TPSA) is 66.9 Å². The molecule has 130 valence electrons. The molecule has 3 rings (SSSR count). The van der Waals surface area contributed by atoms with Gasteiger partial charge in [-0.1, -0.05) is 35.4 Å². The lowest BCUT2D eigenvalue weighted by Gasteiger charge is -2.13. The molecule has 1 aliphatic rings. The van der Waals surface area contributed by atoms with E-state index in [-0.39, 0.29) is 5.91 Å². The van der Waals surface area contributed by atoms with Gasteiger partial charge in [-0.25, -0.2) is 9.97 Å². The van der Waals surface area contributed by atoms with Gasteiger partial charge in [0.25, 0.3) is 5.91 Å². The maximum atomic E-state index is 12.3. The van der Waals surface area contributed by atoms with Crippen molar-refractivity contribution in [2.45, 2.75) is 32.1 Å². The quantitative estimate of drug-likeness (QED) is 0.737. The van der Waals surface area contributed by atoms with Crippen LogP contribution in [-0.2, 0) is 0 Å². The molecule has 0 saturated carbocycles. The molecule has 2 aromatic rings. The highest BCUT2D eigenvalue weighted by atomic mass is 35.5. The zero-order chi connectivity index (χ0) is 17.5. The molecule has 0 saturated heterocycles. The van der Waals surface area contributed by atoms with E-state index >= 15 is 0 Å². The highest BCUT2D eigenvalue weighted by Gasteiger charge is 2.11. The van der Waals surface area contributed by atoms with Crippen molar-refractivity contribution in [3.8, 4) is 0 Å². The van der Waals surface area contributed by atoms with Crippen LogP contribution < -0.4 is 10.6 Å². The van der Waals surface area contributed by atoms with E-state index in [9.17, 15) is 4.79 Å². The standard InChI is InChI=1S/C19H21ClN4O/c20-15-8-4-5-9-16(15)24-19(25)17-12-18(23-13-22-17)21-11-10-14-6-2-1-3-7-14/h4-6,8-9,12-13H,1-3,7,10-11H2,(H,24,25)(H,21,22,23). The smallest absolute Gasteiger partial charge is 0.274 e. The lowest BCUT2D eigenvalue weighted by atomic mass is 9.97. The Morgan fingerprint density at radius 1 is 1.20 bits per heavy atom. The third-order valence-corrected chi connectivity index (χ3v) is 4.49. The predicted molar refractivity (Wildman–Crippen MR) is 101 cm³/mol. The highest BCUT2D eigenvalue weighted by Crippen LogP contribution is 2.22. The van der Waals surface area contributed by atoms with Gasteiger partial charge in [0.05, 0.1) is 10.7 Å². The number of benzene rings is 1. The average Bonchev–Trinajstić information content (AvgIpc) is 2.65. The Hall–Kier alpha value is -2.40. The Morgan fingerprint density at radius 2 is 2.08 bits per heavy atom. The van der Waals surface area contributed by atoms with Gasteiger partial charge in [0.1, 0.15) is 17.8 Å². The van der Waals surface area contributed by atoms with E-state index in [1.165, 1.54) is 37.6 Å².